The van der Waals surface area contributed by atoms with Crippen LogP contribution in [0.5, 0.6) is 0 Å². The molecule has 4 rings (SSSR count). The number of hydrogen-bond donors (Lipinski definition) is 4. The number of nitrogens with one attached hydrogen (secondary N) is 4. The second kappa shape index (κ2) is 8.75. The maximum atomic E-state index is 13.9. The second-order valence-corrected chi connectivity index (χ2v) is 7.09. The number of benzene rings is 3. The Bertz CT molecular complexity index is 1190. The molecule has 1 aromatic heterocycles. The molecule has 4 N–H and O–H groups in total. The van der Waals surface area contributed by atoms with Gasteiger partial charge in [-0.25, -0.2) is 4.39 Å². The van der Waals surface area contributed by atoms with Crippen LogP contribution in [-0.2, 0) is 6.54 Å². The summed E-state index contributed by atoms with van der Waals surface area (Å²) in [5.41, 5.74) is 8.81. The Kier molecular flexibility index (Phi) is 5.72. The highest BCUT2D eigenvalue weighted by atomic mass is 32.1. The quantitative estimate of drug-likeness (QED) is 0.295. The predicted octanol–water partition coefficient (Wildman–Crippen LogP) is 4.28. The number of hydrogen-bond acceptors (Lipinski definition) is 2. The highest BCUT2D eigenvalue weighted by molar-refractivity contribution is 7.80. The molecule has 4 aromatic rings. The zero-order chi connectivity index (χ0) is 20.9. The first-order valence-electron chi connectivity index (χ1n) is 9.36. The van der Waals surface area contributed by atoms with Crippen LogP contribution in [0.2, 0.25) is 0 Å². The van der Waals surface area contributed by atoms with Crippen LogP contribution in [0.25, 0.3) is 22.0 Å². The summed E-state index contributed by atoms with van der Waals surface area (Å²) in [6.07, 6.45) is 0. The zero-order valence-electron chi connectivity index (χ0n) is 15.9. The van der Waals surface area contributed by atoms with E-state index in [9.17, 15) is 9.18 Å². The molecule has 0 radical (unpaired) electrons. The SMILES string of the molecule is O=C(NNC(=S)NCc1ccccc1)c1[nH]c2ccc(F)cc2c1-c1ccccc1. The van der Waals surface area contributed by atoms with Crippen LogP contribution in [0.3, 0.4) is 0 Å². The number of halogens is 1. The molecule has 0 saturated heterocycles. The van der Waals surface area contributed by atoms with E-state index >= 15 is 0 Å². The molecule has 0 aliphatic heterocycles. The lowest BCUT2D eigenvalue weighted by Gasteiger charge is -2.12. The van der Waals surface area contributed by atoms with Crippen molar-refractivity contribution in [3.8, 4) is 11.1 Å². The molecule has 5 nitrogen and oxygen atoms in total. The number of H-pyrrole nitrogens is 1. The normalized spacial score (nSPS) is 10.6. The van der Waals surface area contributed by atoms with Crippen LogP contribution in [-0.4, -0.2) is 16.0 Å². The van der Waals surface area contributed by atoms with Gasteiger partial charge in [0.1, 0.15) is 11.5 Å². The minimum atomic E-state index is -0.408. The third kappa shape index (κ3) is 4.31. The number of thiocarbonyl (C=S) groups is 1. The van der Waals surface area contributed by atoms with E-state index in [0.29, 0.717) is 28.7 Å². The molecular formula is C23H19FN4OS. The summed E-state index contributed by atoms with van der Waals surface area (Å²) in [5.74, 6) is -0.774. The van der Waals surface area contributed by atoms with E-state index in [0.717, 1.165) is 11.1 Å². The first kappa shape index (κ1) is 19.6. The smallest absolute Gasteiger partial charge is 0.286 e. The average Bonchev–Trinajstić information content (AvgIpc) is 3.16. The van der Waals surface area contributed by atoms with E-state index in [2.05, 4.69) is 21.2 Å². The molecular weight excluding hydrogens is 399 g/mol. The van der Waals surface area contributed by atoms with Gasteiger partial charge in [0.2, 0.25) is 0 Å². The number of carbonyl (C=O) groups is 1. The van der Waals surface area contributed by atoms with Crippen LogP contribution >= 0.6 is 12.2 Å². The van der Waals surface area contributed by atoms with Crippen molar-refractivity contribution in [3.05, 3.63) is 95.9 Å². The summed E-state index contributed by atoms with van der Waals surface area (Å²) >= 11 is 5.23. The van der Waals surface area contributed by atoms with Crippen molar-refractivity contribution in [3.63, 3.8) is 0 Å². The molecule has 0 unspecified atom stereocenters. The Morgan fingerprint density at radius 1 is 0.933 bits per heavy atom. The van der Waals surface area contributed by atoms with Crippen LogP contribution in [0.1, 0.15) is 16.1 Å². The molecule has 0 saturated carbocycles. The number of aromatic nitrogens is 1. The van der Waals surface area contributed by atoms with E-state index in [-0.39, 0.29) is 10.9 Å². The Morgan fingerprint density at radius 2 is 1.63 bits per heavy atom. The molecule has 0 aliphatic carbocycles. The Hall–Kier alpha value is -3.71. The van der Waals surface area contributed by atoms with Crippen molar-refractivity contribution in [2.75, 3.05) is 0 Å². The standard InChI is InChI=1S/C23H19FN4OS/c24-17-11-12-19-18(13-17)20(16-9-5-2-6-10-16)21(26-19)22(29)27-28-23(30)25-14-15-7-3-1-4-8-15/h1-13,26H,14H2,(H,27,29)(H2,25,28,30). The Morgan fingerprint density at radius 3 is 2.37 bits per heavy atom. The maximum Gasteiger partial charge on any atom is 0.286 e. The molecule has 1 heterocycles. The van der Waals surface area contributed by atoms with Gasteiger partial charge in [-0.3, -0.25) is 15.6 Å². The number of hydrazine groups is 1. The van der Waals surface area contributed by atoms with E-state index in [1.807, 2.05) is 60.7 Å². The van der Waals surface area contributed by atoms with Crippen molar-refractivity contribution < 1.29 is 9.18 Å². The number of amides is 1. The maximum absolute atomic E-state index is 13.9. The summed E-state index contributed by atoms with van der Waals surface area (Å²) in [7, 11) is 0. The van der Waals surface area contributed by atoms with E-state index in [4.69, 9.17) is 12.2 Å². The lowest BCUT2D eigenvalue weighted by atomic mass is 10.0. The third-order valence-corrected chi connectivity index (χ3v) is 4.88. The van der Waals surface area contributed by atoms with Gasteiger partial charge >= 0.3 is 0 Å². The van der Waals surface area contributed by atoms with Crippen LogP contribution in [0.15, 0.2) is 78.9 Å². The third-order valence-electron chi connectivity index (χ3n) is 4.64. The van der Waals surface area contributed by atoms with Crippen LogP contribution in [0.4, 0.5) is 4.39 Å². The highest BCUT2D eigenvalue weighted by Gasteiger charge is 2.19. The molecule has 1 amide bonds. The van der Waals surface area contributed by atoms with Crippen molar-refractivity contribution >= 4 is 34.1 Å². The lowest BCUT2D eigenvalue weighted by Crippen LogP contribution is -2.46. The largest absolute Gasteiger partial charge is 0.357 e. The first-order valence-corrected chi connectivity index (χ1v) is 9.77. The minimum Gasteiger partial charge on any atom is -0.357 e. The summed E-state index contributed by atoms with van der Waals surface area (Å²) in [6, 6.07) is 23.6. The second-order valence-electron chi connectivity index (χ2n) is 6.68. The molecule has 150 valence electrons. The van der Waals surface area contributed by atoms with Gasteiger partial charge in [-0.1, -0.05) is 60.7 Å². The van der Waals surface area contributed by atoms with Gasteiger partial charge < -0.3 is 10.3 Å². The molecule has 7 heteroatoms. The number of rotatable bonds is 4. The fraction of sp³-hybridized carbons (Fsp3) is 0.0435. The fourth-order valence-electron chi connectivity index (χ4n) is 3.24. The summed E-state index contributed by atoms with van der Waals surface area (Å²) in [4.78, 5) is 16.0. The number of fused-ring (bicyclic) bond motifs is 1. The lowest BCUT2D eigenvalue weighted by molar-refractivity contribution is 0.0940. The molecule has 0 spiro atoms. The topological polar surface area (TPSA) is 69.0 Å². The molecule has 0 aliphatic rings. The summed E-state index contributed by atoms with van der Waals surface area (Å²) < 4.78 is 13.9. The van der Waals surface area contributed by atoms with E-state index in [1.165, 1.54) is 12.1 Å². The van der Waals surface area contributed by atoms with Gasteiger partial charge in [0, 0.05) is 23.0 Å². The molecule has 0 fully saturated rings. The van der Waals surface area contributed by atoms with Crippen LogP contribution in [0, 0.1) is 5.82 Å². The Labute approximate surface area is 178 Å². The minimum absolute atomic E-state index is 0.288. The van der Waals surface area contributed by atoms with Gasteiger partial charge in [0.15, 0.2) is 5.11 Å². The van der Waals surface area contributed by atoms with Crippen LogP contribution < -0.4 is 16.2 Å². The van der Waals surface area contributed by atoms with Crippen molar-refractivity contribution in [1.82, 2.24) is 21.2 Å². The van der Waals surface area contributed by atoms with Crippen molar-refractivity contribution in [2.45, 2.75) is 6.54 Å². The Balaban J connectivity index is 1.52. The highest BCUT2D eigenvalue weighted by Crippen LogP contribution is 2.32. The summed E-state index contributed by atoms with van der Waals surface area (Å²) in [6.45, 7) is 0.531. The summed E-state index contributed by atoms with van der Waals surface area (Å²) in [5, 5.41) is 3.95. The average molecular weight is 418 g/mol. The molecule has 3 aromatic carbocycles. The fourth-order valence-corrected chi connectivity index (χ4v) is 3.36. The monoisotopic (exact) mass is 418 g/mol. The number of aromatic amines is 1. The van der Waals surface area contributed by atoms with Crippen molar-refractivity contribution in [1.29, 1.82) is 0 Å². The van der Waals surface area contributed by atoms with Gasteiger partial charge in [-0.2, -0.15) is 0 Å². The van der Waals surface area contributed by atoms with E-state index in [1.54, 1.807) is 6.07 Å². The molecule has 0 atom stereocenters. The van der Waals surface area contributed by atoms with Crippen molar-refractivity contribution in [2.24, 2.45) is 0 Å². The van der Waals surface area contributed by atoms with Gasteiger partial charge in [0.25, 0.3) is 5.91 Å². The van der Waals surface area contributed by atoms with Gasteiger partial charge in [0.05, 0.1) is 0 Å². The predicted molar refractivity (Wildman–Crippen MR) is 120 cm³/mol. The van der Waals surface area contributed by atoms with E-state index < -0.39 is 5.91 Å². The molecule has 0 bridgehead atoms. The zero-order valence-corrected chi connectivity index (χ0v) is 16.7. The van der Waals surface area contributed by atoms with Gasteiger partial charge in [-0.05, 0) is 41.5 Å². The number of carbonyl (C=O) groups excluding carboxylic acids is 1. The first-order chi connectivity index (χ1) is 14.6. The van der Waals surface area contributed by atoms with Gasteiger partial charge in [-0.15, -0.1) is 0 Å². The molecule has 30 heavy (non-hydrogen) atoms.